The summed E-state index contributed by atoms with van der Waals surface area (Å²) in [6.07, 6.45) is 5.64. The van der Waals surface area contributed by atoms with Gasteiger partial charge in [0.2, 0.25) is 0 Å². The summed E-state index contributed by atoms with van der Waals surface area (Å²) in [6, 6.07) is -1.14. The maximum atomic E-state index is 11.8. The van der Waals surface area contributed by atoms with Crippen LogP contribution in [0, 0.1) is 23.7 Å². The van der Waals surface area contributed by atoms with Crippen molar-refractivity contribution in [2.24, 2.45) is 23.7 Å². The van der Waals surface area contributed by atoms with Gasteiger partial charge < -0.3 is 15.7 Å². The molecule has 0 aromatic heterocycles. The number of hydrogen-bond donors (Lipinski definition) is 3. The first-order valence-electron chi connectivity index (χ1n) is 7.73. The van der Waals surface area contributed by atoms with Gasteiger partial charge in [-0.1, -0.05) is 20.3 Å². The lowest BCUT2D eigenvalue weighted by Crippen LogP contribution is -2.47. The number of nitrogens with one attached hydrogen (secondary N) is 2. The summed E-state index contributed by atoms with van der Waals surface area (Å²) in [5.41, 5.74) is 0. The standard InChI is InChI=1S/C15H26N2O3/c1-9(2)5-13(14(18)19)17-15(20)16-8-12-7-10-3-4-11(12)6-10/h9-13H,3-8H2,1-2H3,(H,18,19)(H2,16,17,20)/t10?,11?,12?,13-/m1/s1. The van der Waals surface area contributed by atoms with E-state index in [0.717, 1.165) is 11.8 Å². The molecule has 0 aromatic carbocycles. The summed E-state index contributed by atoms with van der Waals surface area (Å²) in [6.45, 7) is 4.58. The monoisotopic (exact) mass is 282 g/mol. The Balaban J connectivity index is 1.72. The number of urea groups is 1. The second-order valence-electron chi connectivity index (χ2n) is 6.81. The smallest absolute Gasteiger partial charge is 0.326 e. The number of aliphatic carboxylic acids is 1. The summed E-state index contributed by atoms with van der Waals surface area (Å²) in [7, 11) is 0. The highest BCUT2D eigenvalue weighted by molar-refractivity contribution is 5.82. The largest absolute Gasteiger partial charge is 0.480 e. The van der Waals surface area contributed by atoms with Gasteiger partial charge in [0.1, 0.15) is 6.04 Å². The second-order valence-corrected chi connectivity index (χ2v) is 6.81. The number of hydrogen-bond acceptors (Lipinski definition) is 2. The number of carbonyl (C=O) groups is 2. The number of amides is 2. The van der Waals surface area contributed by atoms with Gasteiger partial charge in [0.05, 0.1) is 0 Å². The fourth-order valence-corrected chi connectivity index (χ4v) is 3.75. The van der Waals surface area contributed by atoms with Crippen LogP contribution >= 0.6 is 0 Å². The molecular weight excluding hydrogens is 256 g/mol. The van der Waals surface area contributed by atoms with Gasteiger partial charge in [-0.05, 0) is 49.4 Å². The normalized spacial score (nSPS) is 29.4. The Kier molecular flexibility index (Phi) is 4.89. The molecule has 2 saturated carbocycles. The Bertz CT molecular complexity index is 370. The first-order chi connectivity index (χ1) is 9.45. The SMILES string of the molecule is CC(C)C[C@@H](NC(=O)NCC1CC2CCC1C2)C(=O)O. The average Bonchev–Trinajstić information content (AvgIpc) is 2.97. The number of fused-ring (bicyclic) bond motifs is 2. The van der Waals surface area contributed by atoms with Crippen LogP contribution in [0.25, 0.3) is 0 Å². The molecule has 3 N–H and O–H groups in total. The molecule has 2 aliphatic rings. The molecule has 0 spiro atoms. The molecule has 2 amide bonds. The van der Waals surface area contributed by atoms with Crippen LogP contribution in [0.15, 0.2) is 0 Å². The third-order valence-electron chi connectivity index (χ3n) is 4.72. The van der Waals surface area contributed by atoms with E-state index in [9.17, 15) is 9.59 Å². The van der Waals surface area contributed by atoms with Crippen molar-refractivity contribution in [1.29, 1.82) is 0 Å². The number of carboxylic acid groups (broad SMARTS) is 1. The molecule has 2 aliphatic carbocycles. The van der Waals surface area contributed by atoms with E-state index in [2.05, 4.69) is 10.6 Å². The Morgan fingerprint density at radius 1 is 1.25 bits per heavy atom. The van der Waals surface area contributed by atoms with Crippen LogP contribution in [-0.4, -0.2) is 29.7 Å². The van der Waals surface area contributed by atoms with Crippen LogP contribution in [0.4, 0.5) is 4.79 Å². The minimum absolute atomic E-state index is 0.238. The highest BCUT2D eigenvalue weighted by Gasteiger charge is 2.39. The Morgan fingerprint density at radius 3 is 2.50 bits per heavy atom. The predicted molar refractivity (Wildman–Crippen MR) is 76.4 cm³/mol. The van der Waals surface area contributed by atoms with Gasteiger partial charge >= 0.3 is 12.0 Å². The zero-order chi connectivity index (χ0) is 14.7. The van der Waals surface area contributed by atoms with Crippen LogP contribution in [0.1, 0.15) is 46.0 Å². The zero-order valence-corrected chi connectivity index (χ0v) is 12.4. The van der Waals surface area contributed by atoms with Gasteiger partial charge in [-0.3, -0.25) is 0 Å². The fraction of sp³-hybridized carbons (Fsp3) is 0.867. The van der Waals surface area contributed by atoms with E-state index in [-0.39, 0.29) is 11.9 Å². The van der Waals surface area contributed by atoms with Crippen molar-refractivity contribution in [3.8, 4) is 0 Å². The van der Waals surface area contributed by atoms with Crippen molar-refractivity contribution >= 4 is 12.0 Å². The van der Waals surface area contributed by atoms with E-state index in [1.807, 2.05) is 13.8 Å². The third kappa shape index (κ3) is 3.87. The molecule has 0 saturated heterocycles. The fourth-order valence-electron chi connectivity index (χ4n) is 3.75. The molecule has 5 nitrogen and oxygen atoms in total. The molecule has 3 unspecified atom stereocenters. The highest BCUT2D eigenvalue weighted by Crippen LogP contribution is 2.47. The topological polar surface area (TPSA) is 78.4 Å². The van der Waals surface area contributed by atoms with Crippen LogP contribution in [0.5, 0.6) is 0 Å². The van der Waals surface area contributed by atoms with Gasteiger partial charge in [-0.25, -0.2) is 9.59 Å². The summed E-state index contributed by atoms with van der Waals surface area (Å²) >= 11 is 0. The quantitative estimate of drug-likeness (QED) is 0.699. The zero-order valence-electron chi connectivity index (χ0n) is 12.4. The summed E-state index contributed by atoms with van der Waals surface area (Å²) in [4.78, 5) is 22.9. The average molecular weight is 282 g/mol. The van der Waals surface area contributed by atoms with Gasteiger partial charge in [0.15, 0.2) is 0 Å². The van der Waals surface area contributed by atoms with Crippen molar-refractivity contribution < 1.29 is 14.7 Å². The first kappa shape index (κ1) is 15.1. The Morgan fingerprint density at radius 2 is 2.00 bits per heavy atom. The maximum Gasteiger partial charge on any atom is 0.326 e. The van der Waals surface area contributed by atoms with E-state index in [4.69, 9.17) is 5.11 Å². The predicted octanol–water partition coefficient (Wildman–Crippen LogP) is 2.22. The van der Waals surface area contributed by atoms with E-state index >= 15 is 0 Å². The molecule has 4 atom stereocenters. The molecule has 5 heteroatoms. The lowest BCUT2D eigenvalue weighted by molar-refractivity contribution is -0.139. The minimum Gasteiger partial charge on any atom is -0.480 e. The van der Waals surface area contributed by atoms with Crippen molar-refractivity contribution in [3.63, 3.8) is 0 Å². The lowest BCUT2D eigenvalue weighted by atomic mass is 9.89. The van der Waals surface area contributed by atoms with Crippen LogP contribution in [0.2, 0.25) is 0 Å². The number of rotatable bonds is 6. The molecule has 0 heterocycles. The van der Waals surface area contributed by atoms with E-state index < -0.39 is 12.0 Å². The minimum atomic E-state index is -0.964. The van der Waals surface area contributed by atoms with Gasteiger partial charge in [-0.2, -0.15) is 0 Å². The summed E-state index contributed by atoms with van der Waals surface area (Å²) < 4.78 is 0. The molecule has 0 aliphatic heterocycles. The van der Waals surface area contributed by atoms with Crippen molar-refractivity contribution in [3.05, 3.63) is 0 Å². The van der Waals surface area contributed by atoms with E-state index in [0.29, 0.717) is 18.9 Å². The lowest BCUT2D eigenvalue weighted by Gasteiger charge is -2.23. The van der Waals surface area contributed by atoms with Gasteiger partial charge in [0, 0.05) is 6.54 Å². The van der Waals surface area contributed by atoms with Crippen LogP contribution < -0.4 is 10.6 Å². The van der Waals surface area contributed by atoms with Crippen molar-refractivity contribution in [2.45, 2.75) is 52.0 Å². The molecular formula is C15H26N2O3. The Labute approximate surface area is 120 Å². The molecule has 2 fully saturated rings. The molecule has 2 rings (SSSR count). The molecule has 20 heavy (non-hydrogen) atoms. The van der Waals surface area contributed by atoms with Crippen LogP contribution in [-0.2, 0) is 4.79 Å². The van der Waals surface area contributed by atoms with Crippen molar-refractivity contribution in [1.82, 2.24) is 10.6 Å². The van der Waals surface area contributed by atoms with E-state index in [1.54, 1.807) is 0 Å². The molecule has 0 aromatic rings. The molecule has 0 radical (unpaired) electrons. The summed E-state index contributed by atoms with van der Waals surface area (Å²) in [5, 5.41) is 14.5. The van der Waals surface area contributed by atoms with Gasteiger partial charge in [-0.15, -0.1) is 0 Å². The van der Waals surface area contributed by atoms with Gasteiger partial charge in [0.25, 0.3) is 0 Å². The number of carbonyl (C=O) groups excluding carboxylic acids is 1. The van der Waals surface area contributed by atoms with Crippen molar-refractivity contribution in [2.75, 3.05) is 6.54 Å². The summed E-state index contributed by atoms with van der Waals surface area (Å²) in [5.74, 6) is 1.50. The Hall–Kier alpha value is -1.26. The van der Waals surface area contributed by atoms with E-state index in [1.165, 1.54) is 25.7 Å². The maximum absolute atomic E-state index is 11.8. The molecule has 114 valence electrons. The molecule has 2 bridgehead atoms. The second kappa shape index (κ2) is 6.46. The highest BCUT2D eigenvalue weighted by atomic mass is 16.4. The van der Waals surface area contributed by atoms with Crippen LogP contribution in [0.3, 0.4) is 0 Å². The number of carboxylic acids is 1. The first-order valence-corrected chi connectivity index (χ1v) is 7.73. The third-order valence-corrected chi connectivity index (χ3v) is 4.72.